The Balaban J connectivity index is 2.10. The van der Waals surface area contributed by atoms with Gasteiger partial charge in [-0.1, -0.05) is 32.1 Å². The van der Waals surface area contributed by atoms with Crippen molar-refractivity contribution in [2.24, 2.45) is 5.92 Å². The number of amides is 1. The van der Waals surface area contributed by atoms with E-state index in [4.69, 9.17) is 5.41 Å². The van der Waals surface area contributed by atoms with Crippen molar-refractivity contribution >= 4 is 11.9 Å². The van der Waals surface area contributed by atoms with Gasteiger partial charge in [0.1, 0.15) is 5.54 Å². The highest BCUT2D eigenvalue weighted by atomic mass is 16.2. The molecule has 6 heteroatoms. The second-order valence-corrected chi connectivity index (χ2v) is 5.73. The lowest BCUT2D eigenvalue weighted by Crippen LogP contribution is -2.57. The molecular weight excluding hydrogens is 242 g/mol. The first kappa shape index (κ1) is 14.3. The Bertz CT molecular complexity index is 353. The van der Waals surface area contributed by atoms with Gasteiger partial charge in [-0.3, -0.25) is 26.0 Å². The molecule has 1 saturated carbocycles. The van der Waals surface area contributed by atoms with Gasteiger partial charge in [-0.05, 0) is 19.4 Å². The number of hydrogen-bond donors (Lipinski definition) is 4. The molecule has 2 aliphatic rings. The largest absolute Gasteiger partial charge is 0.341 e. The Morgan fingerprint density at radius 1 is 1.42 bits per heavy atom. The lowest BCUT2D eigenvalue weighted by molar-refractivity contribution is -0.130. The predicted molar refractivity (Wildman–Crippen MR) is 74.6 cm³/mol. The number of likely N-dealkylation sites (N-methyl/N-ethyl adjacent to an activating group) is 1. The highest BCUT2D eigenvalue weighted by Crippen LogP contribution is 2.33. The minimum absolute atomic E-state index is 0.00539. The molecule has 0 bridgehead atoms. The number of nitrogens with one attached hydrogen (secondary N) is 4. The third kappa shape index (κ3) is 2.90. The predicted octanol–water partition coefficient (Wildman–Crippen LogP) is 0.416. The topological polar surface area (TPSA) is 80.2 Å². The van der Waals surface area contributed by atoms with Gasteiger partial charge in [0, 0.05) is 13.6 Å². The van der Waals surface area contributed by atoms with Crippen LogP contribution >= 0.6 is 0 Å². The zero-order chi connectivity index (χ0) is 13.9. The lowest BCUT2D eigenvalue weighted by atomic mass is 9.79. The van der Waals surface area contributed by atoms with Crippen LogP contribution in [0.25, 0.3) is 0 Å². The number of carbonyl (C=O) groups is 1. The molecule has 0 radical (unpaired) electrons. The zero-order valence-electron chi connectivity index (χ0n) is 11.9. The van der Waals surface area contributed by atoms with Gasteiger partial charge in [0.25, 0.3) is 5.91 Å². The van der Waals surface area contributed by atoms with Gasteiger partial charge in [0.05, 0.1) is 0 Å². The molecule has 6 nitrogen and oxygen atoms in total. The van der Waals surface area contributed by atoms with E-state index in [1.807, 2.05) is 0 Å². The van der Waals surface area contributed by atoms with Crippen molar-refractivity contribution in [2.45, 2.75) is 44.1 Å². The van der Waals surface area contributed by atoms with Crippen LogP contribution in [0.2, 0.25) is 0 Å². The van der Waals surface area contributed by atoms with Crippen molar-refractivity contribution in [3.05, 3.63) is 0 Å². The molecule has 2 fully saturated rings. The van der Waals surface area contributed by atoms with Gasteiger partial charge in [-0.25, -0.2) is 0 Å². The van der Waals surface area contributed by atoms with Gasteiger partial charge in [-0.2, -0.15) is 0 Å². The molecular formula is C13H25N5O. The Labute approximate surface area is 114 Å². The second-order valence-electron chi connectivity index (χ2n) is 5.73. The minimum Gasteiger partial charge on any atom is -0.341 e. The van der Waals surface area contributed by atoms with Crippen molar-refractivity contribution < 1.29 is 4.79 Å². The molecule has 0 aromatic heterocycles. The zero-order valence-corrected chi connectivity index (χ0v) is 11.9. The van der Waals surface area contributed by atoms with E-state index in [2.05, 4.69) is 16.2 Å². The van der Waals surface area contributed by atoms with Gasteiger partial charge >= 0.3 is 0 Å². The van der Waals surface area contributed by atoms with E-state index in [1.54, 1.807) is 14.1 Å². The molecule has 1 heterocycles. The SMILES string of the molecule is CNNCC1(CC2CCCCC2)NC(=N)N(C)C1=O. The van der Waals surface area contributed by atoms with Crippen molar-refractivity contribution in [3.63, 3.8) is 0 Å². The molecule has 1 atom stereocenters. The Morgan fingerprint density at radius 2 is 2.11 bits per heavy atom. The normalized spacial score (nSPS) is 28.8. The van der Waals surface area contributed by atoms with Crippen LogP contribution in [-0.2, 0) is 4.79 Å². The van der Waals surface area contributed by atoms with Crippen LogP contribution in [0.4, 0.5) is 0 Å². The van der Waals surface area contributed by atoms with Crippen LogP contribution in [0.3, 0.4) is 0 Å². The molecule has 1 aliphatic carbocycles. The van der Waals surface area contributed by atoms with Crippen LogP contribution in [-0.4, -0.2) is 42.9 Å². The van der Waals surface area contributed by atoms with Crippen LogP contribution in [0.5, 0.6) is 0 Å². The Kier molecular flexibility index (Phi) is 4.42. The highest BCUT2D eigenvalue weighted by molar-refractivity contribution is 6.07. The maximum Gasteiger partial charge on any atom is 0.256 e. The fourth-order valence-electron chi connectivity index (χ4n) is 3.24. The average Bonchev–Trinajstić information content (AvgIpc) is 2.63. The number of nitrogens with zero attached hydrogens (tertiary/aromatic N) is 1. The van der Waals surface area contributed by atoms with E-state index < -0.39 is 5.54 Å². The van der Waals surface area contributed by atoms with Gasteiger partial charge < -0.3 is 5.32 Å². The smallest absolute Gasteiger partial charge is 0.256 e. The van der Waals surface area contributed by atoms with E-state index in [0.29, 0.717) is 12.5 Å². The lowest BCUT2D eigenvalue weighted by Gasteiger charge is -2.33. The van der Waals surface area contributed by atoms with Crippen molar-refractivity contribution in [1.82, 2.24) is 21.1 Å². The molecule has 4 N–H and O–H groups in total. The minimum atomic E-state index is -0.656. The molecule has 0 spiro atoms. The van der Waals surface area contributed by atoms with Crippen LogP contribution in [0, 0.1) is 11.3 Å². The van der Waals surface area contributed by atoms with Crippen LogP contribution < -0.4 is 16.2 Å². The molecule has 2 rings (SSSR count). The first-order chi connectivity index (χ1) is 9.09. The Morgan fingerprint density at radius 3 is 2.63 bits per heavy atom. The number of guanidine groups is 1. The monoisotopic (exact) mass is 267 g/mol. The summed E-state index contributed by atoms with van der Waals surface area (Å²) in [5, 5.41) is 10.9. The number of rotatable bonds is 5. The molecule has 1 unspecified atom stereocenters. The number of hydrazine groups is 1. The third-order valence-electron chi connectivity index (χ3n) is 4.34. The van der Waals surface area contributed by atoms with Gasteiger partial charge in [0.2, 0.25) is 0 Å². The van der Waals surface area contributed by atoms with Crippen LogP contribution in [0.15, 0.2) is 0 Å². The summed E-state index contributed by atoms with van der Waals surface area (Å²) in [6, 6.07) is 0. The fraction of sp³-hybridized carbons (Fsp3) is 0.846. The quantitative estimate of drug-likeness (QED) is 0.544. The maximum atomic E-state index is 12.5. The van der Waals surface area contributed by atoms with E-state index >= 15 is 0 Å². The standard InChI is InChI=1S/C13H25N5O/c1-15-16-9-13(8-10-6-4-3-5-7-10)11(19)18(2)12(14)17-13/h10,15-16H,3-9H2,1-2H3,(H2,14,17). The molecule has 19 heavy (non-hydrogen) atoms. The Hall–Kier alpha value is -1.14. The van der Waals surface area contributed by atoms with E-state index in [9.17, 15) is 4.79 Å². The molecule has 1 amide bonds. The summed E-state index contributed by atoms with van der Waals surface area (Å²) in [5.74, 6) is 0.799. The number of carbonyl (C=O) groups excluding carboxylic acids is 1. The first-order valence-corrected chi connectivity index (χ1v) is 7.13. The summed E-state index contributed by atoms with van der Waals surface area (Å²) in [6.45, 7) is 0.506. The van der Waals surface area contributed by atoms with E-state index in [1.165, 1.54) is 37.0 Å². The first-order valence-electron chi connectivity index (χ1n) is 7.13. The summed E-state index contributed by atoms with van der Waals surface area (Å²) in [5.41, 5.74) is 5.26. The molecule has 0 aromatic rings. The van der Waals surface area contributed by atoms with E-state index in [-0.39, 0.29) is 11.9 Å². The summed E-state index contributed by atoms with van der Waals surface area (Å²) < 4.78 is 0. The maximum absolute atomic E-state index is 12.5. The average molecular weight is 267 g/mol. The summed E-state index contributed by atoms with van der Waals surface area (Å²) in [4.78, 5) is 13.9. The van der Waals surface area contributed by atoms with Gasteiger partial charge in [0.15, 0.2) is 5.96 Å². The van der Waals surface area contributed by atoms with Crippen molar-refractivity contribution in [3.8, 4) is 0 Å². The molecule has 1 aliphatic heterocycles. The molecule has 0 aromatic carbocycles. The summed E-state index contributed by atoms with van der Waals surface area (Å²) in [7, 11) is 3.46. The van der Waals surface area contributed by atoms with Gasteiger partial charge in [-0.15, -0.1) is 0 Å². The fourth-order valence-corrected chi connectivity index (χ4v) is 3.24. The number of hydrogen-bond acceptors (Lipinski definition) is 4. The highest BCUT2D eigenvalue weighted by Gasteiger charge is 2.48. The summed E-state index contributed by atoms with van der Waals surface area (Å²) in [6.07, 6.45) is 7.06. The molecule has 108 valence electrons. The van der Waals surface area contributed by atoms with Crippen LogP contribution in [0.1, 0.15) is 38.5 Å². The summed E-state index contributed by atoms with van der Waals surface area (Å²) >= 11 is 0. The molecule has 1 saturated heterocycles. The van der Waals surface area contributed by atoms with E-state index in [0.717, 1.165) is 6.42 Å². The van der Waals surface area contributed by atoms with Crippen molar-refractivity contribution in [1.29, 1.82) is 5.41 Å². The second kappa shape index (κ2) is 5.88. The van der Waals surface area contributed by atoms with Crippen molar-refractivity contribution in [2.75, 3.05) is 20.6 Å². The third-order valence-corrected chi connectivity index (χ3v) is 4.34.